The number of rotatable bonds is 8. The summed E-state index contributed by atoms with van der Waals surface area (Å²) in [7, 11) is 0. The van der Waals surface area contributed by atoms with Gasteiger partial charge in [0.25, 0.3) is 0 Å². The van der Waals surface area contributed by atoms with E-state index in [1.165, 1.54) is 57.8 Å². The molecule has 0 radical (unpaired) electrons. The maximum Gasteiger partial charge on any atom is 0.0580 e. The lowest BCUT2D eigenvalue weighted by atomic mass is 9.76. The SMILES string of the molecule is CCCNC(CC1CC(OCC)C1)C1=CCCCCC1. The minimum absolute atomic E-state index is 0.555. The van der Waals surface area contributed by atoms with E-state index in [-0.39, 0.29) is 0 Å². The Bertz CT molecular complexity index is 294. The lowest BCUT2D eigenvalue weighted by molar-refractivity contribution is -0.0282. The van der Waals surface area contributed by atoms with E-state index in [1.54, 1.807) is 5.57 Å². The Morgan fingerprint density at radius 3 is 2.85 bits per heavy atom. The Morgan fingerprint density at radius 2 is 2.10 bits per heavy atom. The topological polar surface area (TPSA) is 21.3 Å². The maximum atomic E-state index is 5.70. The fourth-order valence-electron chi connectivity index (χ4n) is 3.61. The van der Waals surface area contributed by atoms with Gasteiger partial charge in [-0.05, 0) is 70.8 Å². The summed E-state index contributed by atoms with van der Waals surface area (Å²) in [6.45, 7) is 6.40. The maximum absolute atomic E-state index is 5.70. The Labute approximate surface area is 125 Å². The van der Waals surface area contributed by atoms with Crippen LogP contribution in [0.4, 0.5) is 0 Å². The van der Waals surface area contributed by atoms with Crippen LogP contribution < -0.4 is 5.32 Å². The molecule has 1 fully saturated rings. The number of ether oxygens (including phenoxy) is 1. The van der Waals surface area contributed by atoms with Crippen LogP contribution in [0, 0.1) is 5.92 Å². The molecule has 1 saturated carbocycles. The fourth-order valence-corrected chi connectivity index (χ4v) is 3.61. The number of nitrogens with one attached hydrogen (secondary N) is 1. The molecule has 2 heteroatoms. The monoisotopic (exact) mass is 279 g/mol. The molecule has 116 valence electrons. The summed E-state index contributed by atoms with van der Waals surface area (Å²) >= 11 is 0. The van der Waals surface area contributed by atoms with Gasteiger partial charge in [0.05, 0.1) is 6.10 Å². The molecule has 20 heavy (non-hydrogen) atoms. The van der Waals surface area contributed by atoms with Crippen molar-refractivity contribution in [3.05, 3.63) is 11.6 Å². The minimum atomic E-state index is 0.555. The molecule has 0 saturated heterocycles. The molecule has 0 aromatic rings. The summed E-state index contributed by atoms with van der Waals surface area (Å²) in [5.74, 6) is 0.880. The average molecular weight is 279 g/mol. The van der Waals surface area contributed by atoms with Crippen LogP contribution >= 0.6 is 0 Å². The van der Waals surface area contributed by atoms with Gasteiger partial charge in [-0.15, -0.1) is 0 Å². The molecule has 0 aliphatic heterocycles. The standard InChI is InChI=1S/C18H33NO/c1-3-11-19-18(16-9-7-5-6-8-10-16)14-15-12-17(13-15)20-4-2/h9,15,17-19H,3-8,10-14H2,1-2H3. The smallest absolute Gasteiger partial charge is 0.0580 e. The van der Waals surface area contributed by atoms with Gasteiger partial charge in [-0.3, -0.25) is 0 Å². The molecule has 1 N–H and O–H groups in total. The largest absolute Gasteiger partial charge is 0.378 e. The first kappa shape index (κ1) is 16.0. The van der Waals surface area contributed by atoms with Gasteiger partial charge in [-0.2, -0.15) is 0 Å². The summed E-state index contributed by atoms with van der Waals surface area (Å²) in [6, 6.07) is 0.639. The predicted molar refractivity (Wildman–Crippen MR) is 86.0 cm³/mol. The highest BCUT2D eigenvalue weighted by atomic mass is 16.5. The third kappa shape index (κ3) is 4.89. The van der Waals surface area contributed by atoms with Gasteiger partial charge in [-0.25, -0.2) is 0 Å². The minimum Gasteiger partial charge on any atom is -0.378 e. The van der Waals surface area contributed by atoms with E-state index < -0.39 is 0 Å². The van der Waals surface area contributed by atoms with Crippen LogP contribution in [-0.4, -0.2) is 25.3 Å². The molecule has 2 nitrogen and oxygen atoms in total. The van der Waals surface area contributed by atoms with E-state index >= 15 is 0 Å². The first-order valence-electron chi connectivity index (χ1n) is 8.87. The fraction of sp³-hybridized carbons (Fsp3) is 0.889. The van der Waals surface area contributed by atoms with E-state index in [9.17, 15) is 0 Å². The van der Waals surface area contributed by atoms with Crippen molar-refractivity contribution in [1.29, 1.82) is 0 Å². The molecule has 0 aromatic carbocycles. The highest BCUT2D eigenvalue weighted by Crippen LogP contribution is 2.35. The Kier molecular flexibility index (Phi) is 7.09. The van der Waals surface area contributed by atoms with Crippen LogP contribution in [0.25, 0.3) is 0 Å². The molecule has 2 aliphatic carbocycles. The molecule has 0 spiro atoms. The second-order valence-corrected chi connectivity index (χ2v) is 6.54. The zero-order valence-corrected chi connectivity index (χ0v) is 13.5. The van der Waals surface area contributed by atoms with Gasteiger partial charge in [0.2, 0.25) is 0 Å². The molecule has 2 aliphatic rings. The summed E-state index contributed by atoms with van der Waals surface area (Å²) in [4.78, 5) is 0. The van der Waals surface area contributed by atoms with Crippen LogP contribution in [0.3, 0.4) is 0 Å². The van der Waals surface area contributed by atoms with Gasteiger partial charge >= 0.3 is 0 Å². The van der Waals surface area contributed by atoms with Crippen molar-refractivity contribution in [3.63, 3.8) is 0 Å². The lowest BCUT2D eigenvalue weighted by Gasteiger charge is -2.38. The van der Waals surface area contributed by atoms with Crippen molar-refractivity contribution in [1.82, 2.24) is 5.32 Å². The van der Waals surface area contributed by atoms with Crippen molar-refractivity contribution in [2.75, 3.05) is 13.2 Å². The van der Waals surface area contributed by atoms with Gasteiger partial charge in [0.1, 0.15) is 0 Å². The first-order valence-corrected chi connectivity index (χ1v) is 8.87. The quantitative estimate of drug-likeness (QED) is 0.663. The van der Waals surface area contributed by atoms with Crippen molar-refractivity contribution in [2.24, 2.45) is 5.92 Å². The molecule has 1 atom stereocenters. The van der Waals surface area contributed by atoms with Gasteiger partial charge < -0.3 is 10.1 Å². The number of allylic oxidation sites excluding steroid dienone is 1. The van der Waals surface area contributed by atoms with Crippen molar-refractivity contribution >= 4 is 0 Å². The van der Waals surface area contributed by atoms with E-state index in [2.05, 4.69) is 25.2 Å². The van der Waals surface area contributed by atoms with E-state index in [1.807, 2.05) is 0 Å². The van der Waals surface area contributed by atoms with E-state index in [0.29, 0.717) is 12.1 Å². The van der Waals surface area contributed by atoms with Crippen molar-refractivity contribution in [2.45, 2.75) is 83.8 Å². The number of hydrogen-bond donors (Lipinski definition) is 1. The predicted octanol–water partition coefficient (Wildman–Crippen LogP) is 4.45. The summed E-state index contributed by atoms with van der Waals surface area (Å²) < 4.78 is 5.70. The van der Waals surface area contributed by atoms with Gasteiger partial charge in [0, 0.05) is 12.6 Å². The molecule has 1 unspecified atom stereocenters. The summed E-state index contributed by atoms with van der Waals surface area (Å²) in [6.07, 6.45) is 15.0. The van der Waals surface area contributed by atoms with Crippen LogP contribution in [0.2, 0.25) is 0 Å². The van der Waals surface area contributed by atoms with E-state index in [4.69, 9.17) is 4.74 Å². The Hall–Kier alpha value is -0.340. The van der Waals surface area contributed by atoms with Crippen molar-refractivity contribution in [3.8, 4) is 0 Å². The van der Waals surface area contributed by atoms with Crippen LogP contribution in [0.1, 0.15) is 71.6 Å². The Balaban J connectivity index is 1.82. The number of hydrogen-bond acceptors (Lipinski definition) is 2. The van der Waals surface area contributed by atoms with Gasteiger partial charge in [0.15, 0.2) is 0 Å². The second kappa shape index (κ2) is 8.84. The molecule has 2 rings (SSSR count). The lowest BCUT2D eigenvalue weighted by Crippen LogP contribution is -2.39. The summed E-state index contributed by atoms with van der Waals surface area (Å²) in [5, 5.41) is 3.80. The zero-order chi connectivity index (χ0) is 14.2. The van der Waals surface area contributed by atoms with E-state index in [0.717, 1.165) is 19.1 Å². The third-order valence-corrected chi connectivity index (χ3v) is 4.83. The molecular weight excluding hydrogens is 246 g/mol. The second-order valence-electron chi connectivity index (χ2n) is 6.54. The van der Waals surface area contributed by atoms with Crippen LogP contribution in [0.5, 0.6) is 0 Å². The van der Waals surface area contributed by atoms with Crippen LogP contribution in [0.15, 0.2) is 11.6 Å². The van der Waals surface area contributed by atoms with Gasteiger partial charge in [-0.1, -0.05) is 25.0 Å². The first-order chi connectivity index (χ1) is 9.83. The Morgan fingerprint density at radius 1 is 1.25 bits per heavy atom. The highest BCUT2D eigenvalue weighted by Gasteiger charge is 2.32. The molecule has 0 bridgehead atoms. The molecule has 0 aromatic heterocycles. The van der Waals surface area contributed by atoms with Crippen LogP contribution in [-0.2, 0) is 4.74 Å². The normalized spacial score (nSPS) is 28.4. The molecule has 0 amide bonds. The molecule has 0 heterocycles. The van der Waals surface area contributed by atoms with Crippen molar-refractivity contribution < 1.29 is 4.74 Å². The molecular formula is C18H33NO. The zero-order valence-electron chi connectivity index (χ0n) is 13.5. The summed E-state index contributed by atoms with van der Waals surface area (Å²) in [5.41, 5.74) is 1.70. The highest BCUT2D eigenvalue weighted by molar-refractivity contribution is 5.13. The average Bonchev–Trinajstić information content (AvgIpc) is 2.69. The third-order valence-electron chi connectivity index (χ3n) is 4.83.